The molecule has 33 heavy (non-hydrogen) atoms. The van der Waals surface area contributed by atoms with Crippen LogP contribution in [-0.2, 0) is 25.9 Å². The van der Waals surface area contributed by atoms with Gasteiger partial charge in [0.2, 0.25) is 5.78 Å². The summed E-state index contributed by atoms with van der Waals surface area (Å²) >= 11 is 0. The first-order valence-electron chi connectivity index (χ1n) is 10.8. The lowest BCUT2D eigenvalue weighted by molar-refractivity contribution is -0.142. The molecule has 3 heterocycles. The van der Waals surface area contributed by atoms with E-state index in [2.05, 4.69) is 0 Å². The number of oxazole rings is 1. The smallest absolute Gasteiger partial charge is 0.419 e. The second-order valence-electron chi connectivity index (χ2n) is 8.39. The number of ether oxygens (including phenoxy) is 1. The first-order chi connectivity index (χ1) is 15.7. The molecular weight excluding hydrogens is 448 g/mol. The maximum absolute atomic E-state index is 12.7. The highest BCUT2D eigenvalue weighted by Gasteiger charge is 2.31. The summed E-state index contributed by atoms with van der Waals surface area (Å²) in [6.45, 7) is 3.52. The van der Waals surface area contributed by atoms with Gasteiger partial charge in [0.25, 0.3) is 0 Å². The van der Waals surface area contributed by atoms with E-state index < -0.39 is 21.6 Å². The van der Waals surface area contributed by atoms with Gasteiger partial charge in [-0.2, -0.15) is 0 Å². The number of aromatic nitrogens is 2. The van der Waals surface area contributed by atoms with E-state index >= 15 is 0 Å². The normalized spacial score (nSPS) is 17.5. The molecule has 1 aliphatic heterocycles. The van der Waals surface area contributed by atoms with Crippen molar-refractivity contribution in [3.8, 4) is 0 Å². The van der Waals surface area contributed by atoms with Gasteiger partial charge in [-0.25, -0.2) is 13.2 Å². The van der Waals surface area contributed by atoms with Crippen molar-refractivity contribution in [1.82, 2.24) is 9.13 Å². The first-order valence-corrected chi connectivity index (χ1v) is 12.6. The standard InChI is InChI=1S/C23H26N2O7S/c1-15-12-18(16(2)25(15)17-9-11-33(29,30)14-17)20(26)13-31-22(27)8-5-10-24-19-6-3-4-7-21(19)32-23(24)28/h3-4,6-7,12,17H,5,8-11,13-14H2,1-2H3. The number of fused-ring (bicyclic) bond motifs is 1. The summed E-state index contributed by atoms with van der Waals surface area (Å²) in [6, 6.07) is 8.59. The fraction of sp³-hybridized carbons (Fsp3) is 0.435. The van der Waals surface area contributed by atoms with Crippen LogP contribution in [0, 0.1) is 13.8 Å². The zero-order valence-corrected chi connectivity index (χ0v) is 19.4. The second kappa shape index (κ2) is 9.01. The molecule has 0 amide bonds. The van der Waals surface area contributed by atoms with Gasteiger partial charge in [-0.3, -0.25) is 14.2 Å². The zero-order chi connectivity index (χ0) is 23.8. The minimum Gasteiger partial charge on any atom is -0.457 e. The number of carbonyl (C=O) groups is 2. The first kappa shape index (κ1) is 23.0. The fourth-order valence-corrected chi connectivity index (χ4v) is 6.20. The number of hydrogen-bond donors (Lipinski definition) is 0. The van der Waals surface area contributed by atoms with Gasteiger partial charge in [-0.05, 0) is 44.9 Å². The Labute approximate surface area is 190 Å². The molecule has 9 nitrogen and oxygen atoms in total. The Morgan fingerprint density at radius 2 is 1.97 bits per heavy atom. The van der Waals surface area contributed by atoms with Crippen LogP contribution in [0.4, 0.5) is 0 Å². The molecule has 4 rings (SSSR count). The molecule has 1 fully saturated rings. The predicted octanol–water partition coefficient (Wildman–Crippen LogP) is 2.58. The van der Waals surface area contributed by atoms with E-state index in [4.69, 9.17) is 9.15 Å². The van der Waals surface area contributed by atoms with Crippen molar-refractivity contribution < 1.29 is 27.2 Å². The van der Waals surface area contributed by atoms with E-state index in [1.165, 1.54) is 4.57 Å². The van der Waals surface area contributed by atoms with E-state index in [0.29, 0.717) is 41.7 Å². The van der Waals surface area contributed by atoms with Crippen LogP contribution in [-0.4, -0.2) is 47.4 Å². The molecule has 1 aromatic carbocycles. The molecule has 0 aliphatic carbocycles. The monoisotopic (exact) mass is 474 g/mol. The van der Waals surface area contributed by atoms with Gasteiger partial charge in [0.05, 0.1) is 17.0 Å². The SMILES string of the molecule is Cc1cc(C(=O)COC(=O)CCCn2c(=O)oc3ccccc32)c(C)n1C1CCS(=O)(=O)C1. The summed E-state index contributed by atoms with van der Waals surface area (Å²) in [6.07, 6.45) is 0.940. The number of Topliss-reactive ketones (excluding diaryl/α,β-unsaturated/α-hetero) is 1. The molecule has 176 valence electrons. The van der Waals surface area contributed by atoms with Gasteiger partial charge >= 0.3 is 11.7 Å². The number of carbonyl (C=O) groups excluding carboxylic acids is 2. The molecule has 0 N–H and O–H groups in total. The van der Waals surface area contributed by atoms with Gasteiger partial charge < -0.3 is 13.7 Å². The molecule has 1 unspecified atom stereocenters. The van der Waals surface area contributed by atoms with Gasteiger partial charge in [-0.1, -0.05) is 12.1 Å². The fourth-order valence-electron chi connectivity index (χ4n) is 4.50. The van der Waals surface area contributed by atoms with Gasteiger partial charge in [0.1, 0.15) is 0 Å². The number of rotatable bonds is 8. The third-order valence-corrected chi connectivity index (χ3v) is 7.81. The summed E-state index contributed by atoms with van der Waals surface area (Å²) in [5.41, 5.74) is 3.07. The summed E-state index contributed by atoms with van der Waals surface area (Å²) in [5, 5.41) is 0. The molecule has 1 atom stereocenters. The van der Waals surface area contributed by atoms with E-state index in [1.807, 2.05) is 11.5 Å². The summed E-state index contributed by atoms with van der Waals surface area (Å²) in [4.78, 5) is 36.8. The number of para-hydroxylation sites is 2. The topological polar surface area (TPSA) is 118 Å². The highest BCUT2D eigenvalue weighted by Crippen LogP contribution is 2.29. The van der Waals surface area contributed by atoms with Crippen molar-refractivity contribution in [3.05, 3.63) is 57.8 Å². The number of hydrogen-bond acceptors (Lipinski definition) is 7. The summed E-state index contributed by atoms with van der Waals surface area (Å²) < 4.78 is 37.4. The van der Waals surface area contributed by atoms with Crippen LogP contribution in [0.5, 0.6) is 0 Å². The minimum absolute atomic E-state index is 0.0538. The number of ketones is 1. The Morgan fingerprint density at radius 3 is 2.70 bits per heavy atom. The summed E-state index contributed by atoms with van der Waals surface area (Å²) in [7, 11) is -3.05. The number of nitrogens with zero attached hydrogens (tertiary/aromatic N) is 2. The zero-order valence-electron chi connectivity index (χ0n) is 18.6. The Morgan fingerprint density at radius 1 is 1.21 bits per heavy atom. The maximum atomic E-state index is 12.7. The Bertz CT molecular complexity index is 1380. The Balaban J connectivity index is 1.32. The van der Waals surface area contributed by atoms with Crippen LogP contribution < -0.4 is 5.76 Å². The molecule has 1 aliphatic rings. The maximum Gasteiger partial charge on any atom is 0.419 e. The van der Waals surface area contributed by atoms with Gasteiger partial charge in [-0.15, -0.1) is 0 Å². The van der Waals surface area contributed by atoms with Gasteiger partial charge in [0.15, 0.2) is 22.0 Å². The second-order valence-corrected chi connectivity index (χ2v) is 10.6. The largest absolute Gasteiger partial charge is 0.457 e. The van der Waals surface area contributed by atoms with Gasteiger partial charge in [0, 0.05) is 36.0 Å². The Hall–Kier alpha value is -3.14. The van der Waals surface area contributed by atoms with E-state index in [0.717, 1.165) is 5.69 Å². The molecule has 0 radical (unpaired) electrons. The van der Waals surface area contributed by atoms with Crippen molar-refractivity contribution in [2.24, 2.45) is 0 Å². The minimum atomic E-state index is -3.05. The van der Waals surface area contributed by atoms with Crippen LogP contribution >= 0.6 is 0 Å². The number of aryl methyl sites for hydroxylation is 2. The highest BCUT2D eigenvalue weighted by atomic mass is 32.2. The van der Waals surface area contributed by atoms with Crippen LogP contribution in [0.2, 0.25) is 0 Å². The molecule has 1 saturated heterocycles. The highest BCUT2D eigenvalue weighted by molar-refractivity contribution is 7.91. The third kappa shape index (κ3) is 4.80. The van der Waals surface area contributed by atoms with Crippen molar-refractivity contribution >= 4 is 32.7 Å². The number of sulfone groups is 1. The number of benzene rings is 1. The van der Waals surface area contributed by atoms with Crippen LogP contribution in [0.15, 0.2) is 39.5 Å². The molecular formula is C23H26N2O7S. The number of esters is 1. The van der Waals surface area contributed by atoms with E-state index in [9.17, 15) is 22.8 Å². The molecule has 3 aromatic rings. The molecule has 2 aromatic heterocycles. The Kier molecular flexibility index (Phi) is 6.29. The van der Waals surface area contributed by atoms with Crippen molar-refractivity contribution in [3.63, 3.8) is 0 Å². The van der Waals surface area contributed by atoms with E-state index in [1.54, 1.807) is 37.3 Å². The molecule has 0 spiro atoms. The van der Waals surface area contributed by atoms with Crippen molar-refractivity contribution in [2.75, 3.05) is 18.1 Å². The van der Waals surface area contributed by atoms with Crippen molar-refractivity contribution in [2.45, 2.75) is 45.7 Å². The average molecular weight is 475 g/mol. The van der Waals surface area contributed by atoms with Crippen LogP contribution in [0.25, 0.3) is 11.1 Å². The van der Waals surface area contributed by atoms with Crippen LogP contribution in [0.1, 0.15) is 47.1 Å². The molecule has 10 heteroatoms. The lowest BCUT2D eigenvalue weighted by atomic mass is 10.1. The van der Waals surface area contributed by atoms with Crippen LogP contribution in [0.3, 0.4) is 0 Å². The molecule has 0 bridgehead atoms. The summed E-state index contributed by atoms with van der Waals surface area (Å²) in [5.74, 6) is -1.12. The molecule has 0 saturated carbocycles. The predicted molar refractivity (Wildman–Crippen MR) is 121 cm³/mol. The quantitative estimate of drug-likeness (QED) is 0.364. The lowest BCUT2D eigenvalue weighted by Crippen LogP contribution is -2.18. The van der Waals surface area contributed by atoms with E-state index in [-0.39, 0.29) is 36.4 Å². The lowest BCUT2D eigenvalue weighted by Gasteiger charge is -2.16. The van der Waals surface area contributed by atoms with Crippen molar-refractivity contribution in [1.29, 1.82) is 0 Å². The third-order valence-electron chi connectivity index (χ3n) is 6.06. The average Bonchev–Trinajstić information content (AvgIpc) is 3.38.